The Hall–Kier alpha value is -5.86. The molecule has 2 unspecified atom stereocenters. The molecule has 57 heavy (non-hydrogen) atoms. The normalized spacial score (nSPS) is 12.9. The molecule has 302 valence electrons. The second kappa shape index (κ2) is 20.3. The van der Waals surface area contributed by atoms with E-state index in [0.717, 1.165) is 39.3 Å². The van der Waals surface area contributed by atoms with Gasteiger partial charge in [0.05, 0.1) is 13.1 Å². The minimum Gasteiger partial charge on any atom is -0.465 e. The van der Waals surface area contributed by atoms with E-state index in [2.05, 4.69) is 10.6 Å². The molecule has 12 nitrogen and oxygen atoms in total. The van der Waals surface area contributed by atoms with Gasteiger partial charge in [0, 0.05) is 38.6 Å². The highest BCUT2D eigenvalue weighted by atomic mass is 19.2. The number of carbonyl (C=O) groups excluding carboxylic acids is 3. The highest BCUT2D eigenvalue weighted by molar-refractivity contribution is 5.92. The van der Waals surface area contributed by atoms with Gasteiger partial charge in [-0.15, -0.1) is 0 Å². The number of halogens is 2. The molecule has 3 N–H and O–H groups in total. The van der Waals surface area contributed by atoms with Gasteiger partial charge in [-0.3, -0.25) is 14.5 Å². The number of benzene rings is 4. The Kier molecular flexibility index (Phi) is 15.1. The molecule has 1 aliphatic rings. The van der Waals surface area contributed by atoms with Crippen molar-refractivity contribution in [3.63, 3.8) is 0 Å². The molecule has 0 aliphatic heterocycles. The summed E-state index contributed by atoms with van der Waals surface area (Å²) < 4.78 is 45.2. The smallest absolute Gasteiger partial charge is 0.408 e. The van der Waals surface area contributed by atoms with Crippen LogP contribution in [0, 0.1) is 11.6 Å². The van der Waals surface area contributed by atoms with E-state index in [0.29, 0.717) is 18.8 Å². The van der Waals surface area contributed by atoms with Gasteiger partial charge in [-0.1, -0.05) is 84.9 Å². The lowest BCUT2D eigenvalue weighted by atomic mass is 9.98. The van der Waals surface area contributed by atoms with Crippen molar-refractivity contribution in [2.75, 3.05) is 39.5 Å². The summed E-state index contributed by atoms with van der Waals surface area (Å²) in [6.07, 6.45) is -3.41. The van der Waals surface area contributed by atoms with Crippen LogP contribution in [0.1, 0.15) is 48.9 Å². The summed E-state index contributed by atoms with van der Waals surface area (Å²) >= 11 is 0. The lowest BCUT2D eigenvalue weighted by molar-refractivity contribution is -0.160. The van der Waals surface area contributed by atoms with Crippen molar-refractivity contribution in [1.29, 1.82) is 0 Å². The number of alkyl carbamates (subject to hydrolysis) is 1. The van der Waals surface area contributed by atoms with Crippen LogP contribution in [0.2, 0.25) is 0 Å². The van der Waals surface area contributed by atoms with Gasteiger partial charge in [0.25, 0.3) is 0 Å². The summed E-state index contributed by atoms with van der Waals surface area (Å²) in [7, 11) is 0. The maximum absolute atomic E-state index is 14.4. The molecule has 2 atom stereocenters. The molecule has 0 heterocycles. The van der Waals surface area contributed by atoms with Crippen LogP contribution < -0.4 is 10.6 Å². The van der Waals surface area contributed by atoms with Crippen molar-refractivity contribution in [3.8, 4) is 11.1 Å². The SMILES string of the molecule is CCOC(CN(CC)C(=O)C(Cc1ccc(F)c(F)c1)NC(=O)C(CNC(=O)OCC1c2ccccc2-c2ccccc21)N(Cc1ccccc1)C(=O)O)OCC. The van der Waals surface area contributed by atoms with E-state index < -0.39 is 60.6 Å². The van der Waals surface area contributed by atoms with Gasteiger partial charge in [-0.2, -0.15) is 0 Å². The Labute approximate surface area is 330 Å². The zero-order valence-electron chi connectivity index (χ0n) is 32.2. The van der Waals surface area contributed by atoms with Gasteiger partial charge >= 0.3 is 12.2 Å². The molecule has 0 radical (unpaired) electrons. The molecule has 1 aliphatic carbocycles. The third-order valence-electron chi connectivity index (χ3n) is 9.71. The lowest BCUT2D eigenvalue weighted by Gasteiger charge is -2.33. The Morgan fingerprint density at radius 2 is 1.40 bits per heavy atom. The molecule has 4 amide bonds. The third kappa shape index (κ3) is 10.9. The van der Waals surface area contributed by atoms with Gasteiger partial charge in [-0.25, -0.2) is 18.4 Å². The molecule has 0 saturated carbocycles. The first-order valence-corrected chi connectivity index (χ1v) is 18.9. The van der Waals surface area contributed by atoms with Crippen LogP contribution in [-0.2, 0) is 36.8 Å². The maximum Gasteiger partial charge on any atom is 0.408 e. The quantitative estimate of drug-likeness (QED) is 0.0936. The number of fused-ring (bicyclic) bond motifs is 3. The molecule has 0 saturated heterocycles. The number of hydrogen-bond donors (Lipinski definition) is 3. The predicted octanol–water partition coefficient (Wildman–Crippen LogP) is 6.33. The first-order valence-electron chi connectivity index (χ1n) is 18.9. The summed E-state index contributed by atoms with van der Waals surface area (Å²) in [4.78, 5) is 56.9. The van der Waals surface area contributed by atoms with E-state index in [9.17, 15) is 33.1 Å². The number of amides is 4. The van der Waals surface area contributed by atoms with Crippen LogP contribution in [0.15, 0.2) is 97.1 Å². The fourth-order valence-electron chi connectivity index (χ4n) is 6.94. The number of ether oxygens (including phenoxy) is 3. The summed E-state index contributed by atoms with van der Waals surface area (Å²) in [5, 5.41) is 15.7. The predicted molar refractivity (Wildman–Crippen MR) is 208 cm³/mol. The first-order chi connectivity index (χ1) is 27.5. The summed E-state index contributed by atoms with van der Waals surface area (Å²) in [5.41, 5.74) is 4.83. The largest absolute Gasteiger partial charge is 0.465 e. The van der Waals surface area contributed by atoms with Crippen LogP contribution in [0.4, 0.5) is 18.4 Å². The van der Waals surface area contributed by atoms with Crippen molar-refractivity contribution in [2.45, 2.75) is 58.0 Å². The van der Waals surface area contributed by atoms with E-state index in [4.69, 9.17) is 14.2 Å². The average Bonchev–Trinajstić information content (AvgIpc) is 3.53. The van der Waals surface area contributed by atoms with Crippen molar-refractivity contribution < 1.29 is 47.3 Å². The summed E-state index contributed by atoms with van der Waals surface area (Å²) in [6.45, 7) is 5.24. The van der Waals surface area contributed by atoms with Gasteiger partial charge in [0.15, 0.2) is 17.9 Å². The number of carboxylic acid groups (broad SMARTS) is 1. The molecule has 0 aromatic heterocycles. The molecular formula is C43H48F2N4O8. The molecule has 14 heteroatoms. The Morgan fingerprint density at radius 1 is 0.789 bits per heavy atom. The first kappa shape index (κ1) is 42.3. The minimum atomic E-state index is -1.57. The Bertz CT molecular complexity index is 1950. The summed E-state index contributed by atoms with van der Waals surface area (Å²) in [6, 6.07) is 24.4. The fourth-order valence-corrected chi connectivity index (χ4v) is 6.94. The second-order valence-corrected chi connectivity index (χ2v) is 13.3. The van der Waals surface area contributed by atoms with Crippen molar-refractivity contribution in [3.05, 3.63) is 131 Å². The van der Waals surface area contributed by atoms with Crippen LogP contribution in [0.5, 0.6) is 0 Å². The van der Waals surface area contributed by atoms with Crippen molar-refractivity contribution in [1.82, 2.24) is 20.4 Å². The number of nitrogens with zero attached hydrogens (tertiary/aromatic N) is 2. The van der Waals surface area contributed by atoms with Crippen LogP contribution in [-0.4, -0.2) is 96.7 Å². The molecule has 4 aromatic carbocycles. The highest BCUT2D eigenvalue weighted by Crippen LogP contribution is 2.44. The fraction of sp³-hybridized carbons (Fsp3) is 0.349. The standard InChI is InChI=1S/C43H48F2N4O8/c1-4-48(26-39(55-5-2)56-6-3)41(51)37(23-29-20-21-35(44)36(45)22-29)47-40(50)38(49(43(53)54)25-28-14-8-7-9-15-28)24-46-42(52)57-27-34-32-18-12-10-16-30(32)31-17-11-13-19-33(31)34/h7-22,34,37-39H,4-6,23-27H2,1-3H3,(H,46,52)(H,47,50)(H,53,54). The number of carbonyl (C=O) groups is 4. The number of nitrogens with one attached hydrogen (secondary N) is 2. The molecular weight excluding hydrogens is 738 g/mol. The molecule has 0 bridgehead atoms. The Balaban J connectivity index is 1.39. The van der Waals surface area contributed by atoms with Gasteiger partial charge in [-0.05, 0) is 66.3 Å². The zero-order valence-corrected chi connectivity index (χ0v) is 32.2. The molecule has 0 fully saturated rings. The van der Waals surface area contributed by atoms with Crippen molar-refractivity contribution >= 4 is 24.0 Å². The molecule has 4 aromatic rings. The van der Waals surface area contributed by atoms with Crippen LogP contribution in [0.25, 0.3) is 11.1 Å². The van der Waals surface area contributed by atoms with Gasteiger partial charge in [0.2, 0.25) is 11.8 Å². The van der Waals surface area contributed by atoms with E-state index in [1.165, 1.54) is 11.0 Å². The van der Waals surface area contributed by atoms with Crippen molar-refractivity contribution in [2.24, 2.45) is 0 Å². The van der Waals surface area contributed by atoms with E-state index in [1.54, 1.807) is 51.1 Å². The van der Waals surface area contributed by atoms with Gasteiger partial charge < -0.3 is 34.9 Å². The van der Waals surface area contributed by atoms with E-state index in [-0.39, 0.29) is 44.1 Å². The molecule has 0 spiro atoms. The monoisotopic (exact) mass is 786 g/mol. The lowest BCUT2D eigenvalue weighted by Crippen LogP contribution is -2.59. The minimum absolute atomic E-state index is 0.0107. The molecule has 5 rings (SSSR count). The average molecular weight is 787 g/mol. The second-order valence-electron chi connectivity index (χ2n) is 13.3. The summed E-state index contributed by atoms with van der Waals surface area (Å²) in [5.74, 6) is -4.00. The number of likely N-dealkylation sites (N-methyl/N-ethyl adjacent to an activating group) is 1. The van der Waals surface area contributed by atoms with E-state index >= 15 is 0 Å². The third-order valence-corrected chi connectivity index (χ3v) is 9.71. The van der Waals surface area contributed by atoms with Gasteiger partial charge in [0.1, 0.15) is 18.7 Å². The number of rotatable bonds is 19. The zero-order chi connectivity index (χ0) is 40.9. The Morgan fingerprint density at radius 3 is 1.98 bits per heavy atom. The van der Waals surface area contributed by atoms with Crippen LogP contribution >= 0.6 is 0 Å². The highest BCUT2D eigenvalue weighted by Gasteiger charge is 2.36. The topological polar surface area (TPSA) is 147 Å². The van der Waals surface area contributed by atoms with Crippen LogP contribution in [0.3, 0.4) is 0 Å². The number of hydrogen-bond acceptors (Lipinski definition) is 7. The van der Waals surface area contributed by atoms with E-state index in [1.807, 2.05) is 48.5 Å². The maximum atomic E-state index is 14.4.